The van der Waals surface area contributed by atoms with Crippen LogP contribution in [0, 0.1) is 0 Å². The zero-order chi connectivity index (χ0) is 17.8. The van der Waals surface area contributed by atoms with Crippen LogP contribution in [0.1, 0.15) is 60.5 Å². The molecule has 0 radical (unpaired) electrons. The maximum atomic E-state index is 13.1. The number of hydrogen-bond donors (Lipinski definition) is 2. The number of aromatic nitrogens is 3. The minimum Gasteiger partial charge on any atom is -0.388 e. The Morgan fingerprint density at radius 3 is 2.76 bits per heavy atom. The van der Waals surface area contributed by atoms with Crippen LogP contribution in [0.2, 0.25) is 0 Å². The molecule has 2 heterocycles. The molecule has 2 fully saturated rings. The molecule has 2 N–H and O–H groups in total. The molecule has 2 aliphatic carbocycles. The van der Waals surface area contributed by atoms with Gasteiger partial charge in [-0.1, -0.05) is 12.8 Å². The number of rotatable bonds is 4. The van der Waals surface area contributed by atoms with Gasteiger partial charge in [0.25, 0.3) is 11.5 Å². The van der Waals surface area contributed by atoms with E-state index in [0.717, 1.165) is 44.2 Å². The highest BCUT2D eigenvalue weighted by molar-refractivity contribution is 6.05. The second-order valence-electron chi connectivity index (χ2n) is 7.66. The van der Waals surface area contributed by atoms with Crippen LogP contribution in [0.4, 0.5) is 0 Å². The topological polar surface area (TPSA) is 91.2 Å². The Hall–Kier alpha value is -2.15. The lowest BCUT2D eigenvalue weighted by Crippen LogP contribution is -2.42. The van der Waals surface area contributed by atoms with Crippen molar-refractivity contribution in [2.24, 2.45) is 7.05 Å². The Morgan fingerprint density at radius 2 is 2.12 bits per heavy atom. The maximum absolute atomic E-state index is 13.1. The van der Waals surface area contributed by atoms with Crippen LogP contribution in [0.15, 0.2) is 10.9 Å². The Kier molecular flexibility index (Phi) is 3.72. The first-order chi connectivity index (χ1) is 11.9. The van der Waals surface area contributed by atoms with Gasteiger partial charge in [-0.2, -0.15) is 0 Å². The number of nitrogens with zero attached hydrogens (tertiary/aromatic N) is 3. The zero-order valence-electron chi connectivity index (χ0n) is 14.7. The summed E-state index contributed by atoms with van der Waals surface area (Å²) in [5.41, 5.74) is 0.671. The summed E-state index contributed by atoms with van der Waals surface area (Å²) in [6.45, 7) is 0.291. The molecule has 2 aliphatic rings. The molecular formula is C18H24N4O3. The van der Waals surface area contributed by atoms with E-state index in [0.29, 0.717) is 29.1 Å². The van der Waals surface area contributed by atoms with Gasteiger partial charge in [-0.3, -0.25) is 19.4 Å². The zero-order valence-corrected chi connectivity index (χ0v) is 14.7. The molecule has 0 spiro atoms. The minimum absolute atomic E-state index is 0.230. The predicted octanol–water partition coefficient (Wildman–Crippen LogP) is 1.52. The van der Waals surface area contributed by atoms with Crippen LogP contribution in [0.25, 0.3) is 11.0 Å². The van der Waals surface area contributed by atoms with E-state index in [2.05, 4.69) is 10.1 Å². The molecule has 134 valence electrons. The van der Waals surface area contributed by atoms with Crippen molar-refractivity contribution in [2.75, 3.05) is 13.6 Å². The lowest BCUT2D eigenvalue weighted by atomic mass is 10.0. The molecule has 25 heavy (non-hydrogen) atoms. The van der Waals surface area contributed by atoms with Crippen molar-refractivity contribution in [3.63, 3.8) is 0 Å². The Labute approximate surface area is 145 Å². The number of carbonyl (C=O) groups excluding carboxylic acids is 1. The van der Waals surface area contributed by atoms with Crippen LogP contribution in [0.3, 0.4) is 0 Å². The molecule has 0 aliphatic heterocycles. The van der Waals surface area contributed by atoms with Crippen molar-refractivity contribution < 1.29 is 9.90 Å². The van der Waals surface area contributed by atoms with Crippen molar-refractivity contribution in [1.82, 2.24) is 19.7 Å². The van der Waals surface area contributed by atoms with E-state index in [9.17, 15) is 14.7 Å². The van der Waals surface area contributed by atoms with E-state index >= 15 is 0 Å². The molecule has 0 saturated heterocycles. The average Bonchev–Trinajstić information content (AvgIpc) is 3.28. The number of aliphatic hydroxyl groups is 1. The normalized spacial score (nSPS) is 19.5. The summed E-state index contributed by atoms with van der Waals surface area (Å²) in [5.74, 6) is 0.150. The van der Waals surface area contributed by atoms with E-state index in [1.807, 2.05) is 0 Å². The summed E-state index contributed by atoms with van der Waals surface area (Å²) in [6, 6.07) is 1.77. The standard InChI is InChI=1S/C18H24N4O3/c1-21(10-18(25)7-3-4-8-18)17(24)12-9-13(11-5-6-11)19-15-14(12)16(23)20-22(15)2/h9,11,25H,3-8,10H2,1-2H3,(H,20,23). The molecule has 0 unspecified atom stereocenters. The van der Waals surface area contributed by atoms with Gasteiger partial charge in [0, 0.05) is 32.3 Å². The summed E-state index contributed by atoms with van der Waals surface area (Å²) >= 11 is 0. The van der Waals surface area contributed by atoms with Gasteiger partial charge < -0.3 is 10.0 Å². The van der Waals surface area contributed by atoms with E-state index in [1.54, 1.807) is 29.7 Å². The van der Waals surface area contributed by atoms with Gasteiger partial charge >= 0.3 is 0 Å². The Morgan fingerprint density at radius 1 is 1.44 bits per heavy atom. The van der Waals surface area contributed by atoms with E-state index in [4.69, 9.17) is 0 Å². The fourth-order valence-corrected chi connectivity index (χ4v) is 3.95. The van der Waals surface area contributed by atoms with E-state index < -0.39 is 5.60 Å². The van der Waals surface area contributed by atoms with Crippen molar-refractivity contribution >= 4 is 16.9 Å². The molecule has 7 heteroatoms. The molecule has 2 aromatic heterocycles. The third-order valence-corrected chi connectivity index (χ3v) is 5.47. The number of carbonyl (C=O) groups is 1. The van der Waals surface area contributed by atoms with Crippen molar-refractivity contribution in [3.8, 4) is 0 Å². The average molecular weight is 344 g/mol. The van der Waals surface area contributed by atoms with Crippen molar-refractivity contribution in [1.29, 1.82) is 0 Å². The first-order valence-electron chi connectivity index (χ1n) is 8.95. The highest BCUT2D eigenvalue weighted by Gasteiger charge is 2.35. The highest BCUT2D eigenvalue weighted by Crippen LogP contribution is 2.40. The summed E-state index contributed by atoms with van der Waals surface area (Å²) in [7, 11) is 3.42. The molecule has 2 saturated carbocycles. The SMILES string of the molecule is CN(CC1(O)CCCC1)C(=O)c1cc(C2CC2)nc2c1c(=O)[nH]n2C. The number of fused-ring (bicyclic) bond motifs is 1. The largest absolute Gasteiger partial charge is 0.388 e. The second kappa shape index (κ2) is 5.69. The number of amides is 1. The molecule has 4 rings (SSSR count). The summed E-state index contributed by atoms with van der Waals surface area (Å²) in [5, 5.41) is 13.6. The Bertz CT molecular complexity index is 888. The van der Waals surface area contributed by atoms with Crippen LogP contribution in [0.5, 0.6) is 0 Å². The fraction of sp³-hybridized carbons (Fsp3) is 0.611. The van der Waals surface area contributed by atoms with Gasteiger partial charge in [0.15, 0.2) is 5.65 Å². The maximum Gasteiger partial charge on any atom is 0.274 e. The van der Waals surface area contributed by atoms with Gasteiger partial charge in [-0.15, -0.1) is 0 Å². The number of hydrogen-bond acceptors (Lipinski definition) is 4. The number of pyridine rings is 1. The van der Waals surface area contributed by atoms with E-state index in [-0.39, 0.29) is 11.5 Å². The lowest BCUT2D eigenvalue weighted by molar-refractivity contribution is 0.0157. The van der Waals surface area contributed by atoms with Crippen LogP contribution >= 0.6 is 0 Å². The molecule has 1 amide bonds. The predicted molar refractivity (Wildman–Crippen MR) is 93.7 cm³/mol. The summed E-state index contributed by atoms with van der Waals surface area (Å²) in [4.78, 5) is 31.5. The lowest BCUT2D eigenvalue weighted by Gasteiger charge is -2.28. The molecule has 0 aromatic carbocycles. The number of aromatic amines is 1. The number of H-pyrrole nitrogens is 1. The monoisotopic (exact) mass is 344 g/mol. The molecule has 0 bridgehead atoms. The molecule has 7 nitrogen and oxygen atoms in total. The summed E-state index contributed by atoms with van der Waals surface area (Å²) in [6.07, 6.45) is 5.55. The van der Waals surface area contributed by atoms with Crippen LogP contribution < -0.4 is 5.56 Å². The third kappa shape index (κ3) is 2.86. The van der Waals surface area contributed by atoms with Crippen molar-refractivity contribution in [3.05, 3.63) is 27.7 Å². The van der Waals surface area contributed by atoms with Crippen LogP contribution in [-0.4, -0.2) is 49.9 Å². The number of nitrogens with one attached hydrogen (secondary N) is 1. The number of aryl methyl sites for hydroxylation is 1. The fourth-order valence-electron chi connectivity index (χ4n) is 3.95. The number of likely N-dealkylation sites (N-methyl/N-ethyl adjacent to an activating group) is 1. The van der Waals surface area contributed by atoms with Crippen molar-refractivity contribution in [2.45, 2.75) is 50.0 Å². The second-order valence-corrected chi connectivity index (χ2v) is 7.66. The van der Waals surface area contributed by atoms with Gasteiger partial charge in [0.1, 0.15) is 0 Å². The van der Waals surface area contributed by atoms with Gasteiger partial charge in [-0.25, -0.2) is 4.98 Å². The third-order valence-electron chi connectivity index (χ3n) is 5.47. The van der Waals surface area contributed by atoms with E-state index in [1.165, 1.54) is 0 Å². The molecule has 2 aromatic rings. The quantitative estimate of drug-likeness (QED) is 0.880. The molecule has 0 atom stereocenters. The van der Waals surface area contributed by atoms with Gasteiger partial charge in [-0.05, 0) is 31.7 Å². The first kappa shape index (κ1) is 16.3. The van der Waals surface area contributed by atoms with Gasteiger partial charge in [0.2, 0.25) is 0 Å². The summed E-state index contributed by atoms with van der Waals surface area (Å²) < 4.78 is 1.57. The minimum atomic E-state index is -0.807. The highest BCUT2D eigenvalue weighted by atomic mass is 16.3. The van der Waals surface area contributed by atoms with Crippen LogP contribution in [-0.2, 0) is 7.05 Å². The first-order valence-corrected chi connectivity index (χ1v) is 8.95. The van der Waals surface area contributed by atoms with Gasteiger partial charge in [0.05, 0.1) is 16.6 Å². The Balaban J connectivity index is 1.74. The molecular weight excluding hydrogens is 320 g/mol. The smallest absolute Gasteiger partial charge is 0.274 e.